The van der Waals surface area contributed by atoms with Gasteiger partial charge in [-0.1, -0.05) is 4.49 Å². The van der Waals surface area contributed by atoms with Crippen LogP contribution in [0.1, 0.15) is 23.3 Å². The minimum Gasteiger partial charge on any atom is -0.464 e. The summed E-state index contributed by atoms with van der Waals surface area (Å²) in [5, 5.41) is 15.4. The zero-order chi connectivity index (χ0) is 9.97. The number of rotatable bonds is 3. The van der Waals surface area contributed by atoms with Gasteiger partial charge in [-0.2, -0.15) is 0 Å². The molecule has 0 radical (unpaired) electrons. The first-order valence-electron chi connectivity index (χ1n) is 4.26. The smallest absolute Gasteiger partial charge is 0.133 e. The highest BCUT2D eigenvalue weighted by Crippen LogP contribution is 2.19. The van der Waals surface area contributed by atoms with Gasteiger partial charge in [0.1, 0.15) is 17.6 Å². The van der Waals surface area contributed by atoms with Crippen molar-refractivity contribution < 1.29 is 9.52 Å². The summed E-state index contributed by atoms with van der Waals surface area (Å²) >= 11 is 1.28. The maximum atomic E-state index is 9.75. The Morgan fingerprint density at radius 1 is 1.57 bits per heavy atom. The molecule has 0 aliphatic heterocycles. The van der Waals surface area contributed by atoms with E-state index in [2.05, 4.69) is 9.59 Å². The van der Waals surface area contributed by atoms with E-state index in [4.69, 9.17) is 4.42 Å². The maximum absolute atomic E-state index is 9.75. The normalized spacial score (nSPS) is 13.0. The van der Waals surface area contributed by atoms with Gasteiger partial charge in [0, 0.05) is 11.8 Å². The Morgan fingerprint density at radius 2 is 2.43 bits per heavy atom. The van der Waals surface area contributed by atoms with Crippen molar-refractivity contribution in [1.82, 2.24) is 9.59 Å². The lowest BCUT2D eigenvalue weighted by atomic mass is 10.2. The van der Waals surface area contributed by atoms with Gasteiger partial charge < -0.3 is 9.52 Å². The zero-order valence-electron chi connectivity index (χ0n) is 7.67. The van der Waals surface area contributed by atoms with E-state index < -0.39 is 6.10 Å². The lowest BCUT2D eigenvalue weighted by Gasteiger charge is -2.04. The van der Waals surface area contributed by atoms with Crippen LogP contribution in [0.4, 0.5) is 0 Å². The van der Waals surface area contributed by atoms with Crippen LogP contribution < -0.4 is 0 Å². The molecule has 1 N–H and O–H groups in total. The molecule has 0 bridgehead atoms. The summed E-state index contributed by atoms with van der Waals surface area (Å²) in [6.07, 6.45) is -0.184. The van der Waals surface area contributed by atoms with Crippen LogP contribution in [0.5, 0.6) is 0 Å². The van der Waals surface area contributed by atoms with Crippen molar-refractivity contribution in [1.29, 1.82) is 0 Å². The van der Waals surface area contributed by atoms with Crippen LogP contribution in [0, 0.1) is 6.92 Å². The van der Waals surface area contributed by atoms with Gasteiger partial charge in [-0.3, -0.25) is 0 Å². The third-order valence-electron chi connectivity index (χ3n) is 1.90. The molecule has 1 unspecified atom stereocenters. The van der Waals surface area contributed by atoms with Gasteiger partial charge in [-0.15, -0.1) is 5.10 Å². The van der Waals surface area contributed by atoms with E-state index in [-0.39, 0.29) is 0 Å². The lowest BCUT2D eigenvalue weighted by Crippen LogP contribution is -2.00. The van der Waals surface area contributed by atoms with Crippen LogP contribution in [0.25, 0.3) is 0 Å². The predicted octanol–water partition coefficient (Wildman–Crippen LogP) is 1.72. The van der Waals surface area contributed by atoms with Crippen molar-refractivity contribution in [3.8, 4) is 0 Å². The van der Waals surface area contributed by atoms with E-state index in [9.17, 15) is 5.11 Å². The third kappa shape index (κ3) is 2.00. The van der Waals surface area contributed by atoms with E-state index in [0.717, 1.165) is 11.5 Å². The number of hydrogen-bond acceptors (Lipinski definition) is 5. The lowest BCUT2D eigenvalue weighted by molar-refractivity contribution is 0.147. The number of aromatic nitrogens is 2. The van der Waals surface area contributed by atoms with E-state index in [1.165, 1.54) is 11.5 Å². The Morgan fingerprint density at radius 3 is 3.00 bits per heavy atom. The summed E-state index contributed by atoms with van der Waals surface area (Å²) in [5.74, 6) is 1.38. The minimum atomic E-state index is -0.632. The number of hydrogen-bond donors (Lipinski definition) is 1. The molecule has 2 rings (SSSR count). The molecule has 0 amide bonds. The van der Waals surface area contributed by atoms with Crippen molar-refractivity contribution in [3.05, 3.63) is 34.7 Å². The quantitative estimate of drug-likeness (QED) is 0.837. The van der Waals surface area contributed by atoms with Gasteiger partial charge in [-0.05, 0) is 30.6 Å². The van der Waals surface area contributed by atoms with Crippen LogP contribution in [0.3, 0.4) is 0 Å². The van der Waals surface area contributed by atoms with Crippen molar-refractivity contribution >= 4 is 11.5 Å². The highest BCUT2D eigenvalue weighted by atomic mass is 32.1. The van der Waals surface area contributed by atoms with Crippen LogP contribution >= 0.6 is 11.5 Å². The first kappa shape index (κ1) is 9.36. The first-order chi connectivity index (χ1) is 6.75. The number of nitrogens with zero attached hydrogens (tertiary/aromatic N) is 2. The SMILES string of the molecule is Cc1ccc(C(O)Cc2csnn2)o1. The molecule has 14 heavy (non-hydrogen) atoms. The Labute approximate surface area is 85.4 Å². The molecule has 2 aromatic heterocycles. The summed E-state index contributed by atoms with van der Waals surface area (Å²) in [7, 11) is 0. The van der Waals surface area contributed by atoms with Crippen molar-refractivity contribution in [2.24, 2.45) is 0 Å². The fraction of sp³-hybridized carbons (Fsp3) is 0.333. The zero-order valence-corrected chi connectivity index (χ0v) is 8.49. The second-order valence-electron chi connectivity index (χ2n) is 3.06. The van der Waals surface area contributed by atoms with Crippen LogP contribution in [-0.4, -0.2) is 14.7 Å². The molecule has 74 valence electrons. The molecule has 0 aromatic carbocycles. The van der Waals surface area contributed by atoms with E-state index in [1.54, 1.807) is 6.07 Å². The molecule has 0 aliphatic carbocycles. The average Bonchev–Trinajstić information content (AvgIpc) is 2.75. The number of aliphatic hydroxyl groups excluding tert-OH is 1. The summed E-state index contributed by atoms with van der Waals surface area (Å²) in [6.45, 7) is 1.85. The van der Waals surface area contributed by atoms with Gasteiger partial charge in [0.25, 0.3) is 0 Å². The van der Waals surface area contributed by atoms with Crippen LogP contribution in [-0.2, 0) is 6.42 Å². The molecule has 0 fully saturated rings. The summed E-state index contributed by atoms with van der Waals surface area (Å²) < 4.78 is 9.02. The van der Waals surface area contributed by atoms with Gasteiger partial charge in [0.05, 0.1) is 5.69 Å². The standard InChI is InChI=1S/C9H10N2O2S/c1-6-2-3-9(13-6)8(12)4-7-5-14-11-10-7/h2-3,5,8,12H,4H2,1H3. The number of aryl methyl sites for hydroxylation is 1. The monoisotopic (exact) mass is 210 g/mol. The molecule has 0 spiro atoms. The van der Waals surface area contributed by atoms with Gasteiger partial charge >= 0.3 is 0 Å². The van der Waals surface area contributed by atoms with E-state index in [0.29, 0.717) is 12.2 Å². The van der Waals surface area contributed by atoms with Crippen LogP contribution in [0.2, 0.25) is 0 Å². The van der Waals surface area contributed by atoms with Crippen molar-refractivity contribution in [2.75, 3.05) is 0 Å². The molecule has 0 saturated carbocycles. The molecule has 1 atom stereocenters. The molecule has 0 aliphatic rings. The van der Waals surface area contributed by atoms with Crippen LogP contribution in [0.15, 0.2) is 21.9 Å². The molecule has 2 aromatic rings. The second-order valence-corrected chi connectivity index (χ2v) is 3.67. The molecule has 0 saturated heterocycles. The fourth-order valence-electron chi connectivity index (χ4n) is 1.20. The maximum Gasteiger partial charge on any atom is 0.133 e. The Balaban J connectivity index is 2.06. The number of furan rings is 1. The van der Waals surface area contributed by atoms with E-state index in [1.807, 2.05) is 18.4 Å². The van der Waals surface area contributed by atoms with E-state index >= 15 is 0 Å². The Bertz CT molecular complexity index is 397. The van der Waals surface area contributed by atoms with Crippen molar-refractivity contribution in [2.45, 2.75) is 19.4 Å². The first-order valence-corrected chi connectivity index (χ1v) is 5.09. The molecule has 5 heteroatoms. The molecule has 4 nitrogen and oxygen atoms in total. The average molecular weight is 210 g/mol. The molecule has 2 heterocycles. The highest BCUT2D eigenvalue weighted by Gasteiger charge is 2.13. The van der Waals surface area contributed by atoms with Gasteiger partial charge in [0.2, 0.25) is 0 Å². The van der Waals surface area contributed by atoms with Gasteiger partial charge in [0.15, 0.2) is 0 Å². The summed E-state index contributed by atoms with van der Waals surface area (Å²) in [6, 6.07) is 3.61. The number of aliphatic hydroxyl groups is 1. The largest absolute Gasteiger partial charge is 0.464 e. The highest BCUT2D eigenvalue weighted by molar-refractivity contribution is 7.03. The minimum absolute atomic E-state index is 0.448. The topological polar surface area (TPSA) is 59.2 Å². The Hall–Kier alpha value is -1.20. The Kier molecular flexibility index (Phi) is 2.60. The van der Waals surface area contributed by atoms with Gasteiger partial charge in [-0.25, -0.2) is 0 Å². The third-order valence-corrected chi connectivity index (χ3v) is 2.45. The fourth-order valence-corrected chi connectivity index (χ4v) is 1.67. The molecular weight excluding hydrogens is 200 g/mol. The van der Waals surface area contributed by atoms with Crippen molar-refractivity contribution in [3.63, 3.8) is 0 Å². The predicted molar refractivity (Wildman–Crippen MR) is 52.0 cm³/mol. The summed E-state index contributed by atoms with van der Waals surface area (Å²) in [5.41, 5.74) is 0.788. The molecular formula is C9H10N2O2S. The second kappa shape index (κ2) is 3.89. The summed E-state index contributed by atoms with van der Waals surface area (Å²) in [4.78, 5) is 0.